The summed E-state index contributed by atoms with van der Waals surface area (Å²) in [4.78, 5) is 29.7. The number of amides is 1. The van der Waals surface area contributed by atoms with Crippen LogP contribution in [0, 0.1) is 25.2 Å². The second kappa shape index (κ2) is 11.2. The fraction of sp³-hybridized carbons (Fsp3) is 0.167. The number of hydrogen-bond acceptors (Lipinski definition) is 5. The quantitative estimate of drug-likeness (QED) is 0.253. The van der Waals surface area contributed by atoms with Crippen LogP contribution >= 0.6 is 50.9 Å². The van der Waals surface area contributed by atoms with Gasteiger partial charge in [-0.05, 0) is 55.3 Å². The maximum absolute atomic E-state index is 12.7. The highest BCUT2D eigenvalue weighted by atomic mass is 79.9. The smallest absolute Gasteiger partial charge is 0.234 e. The highest BCUT2D eigenvalue weighted by Gasteiger charge is 2.19. The molecule has 0 spiro atoms. The van der Waals surface area contributed by atoms with E-state index in [1.165, 1.54) is 11.8 Å². The van der Waals surface area contributed by atoms with E-state index >= 15 is 0 Å². The van der Waals surface area contributed by atoms with E-state index in [9.17, 15) is 14.9 Å². The highest BCUT2D eigenvalue weighted by molar-refractivity contribution is 9.10. The molecule has 0 aliphatic heterocycles. The highest BCUT2D eigenvalue weighted by Crippen LogP contribution is 2.29. The first-order chi connectivity index (χ1) is 15.7. The number of pyridine rings is 1. The Morgan fingerprint density at radius 2 is 1.82 bits per heavy atom. The van der Waals surface area contributed by atoms with Gasteiger partial charge in [0.05, 0.1) is 21.4 Å². The lowest BCUT2D eigenvalue weighted by atomic mass is 9.96. The summed E-state index contributed by atoms with van der Waals surface area (Å²) in [6, 6.07) is 14.1. The summed E-state index contributed by atoms with van der Waals surface area (Å²) in [6.07, 6.45) is 0.143. The molecule has 3 rings (SSSR count). The first-order valence-electron chi connectivity index (χ1n) is 9.76. The summed E-state index contributed by atoms with van der Waals surface area (Å²) >= 11 is 16.4. The van der Waals surface area contributed by atoms with Gasteiger partial charge in [-0.3, -0.25) is 9.59 Å². The van der Waals surface area contributed by atoms with Gasteiger partial charge in [0, 0.05) is 27.8 Å². The molecule has 1 amide bonds. The van der Waals surface area contributed by atoms with E-state index in [0.717, 1.165) is 10.0 Å². The number of ketones is 1. The van der Waals surface area contributed by atoms with E-state index in [1.807, 2.05) is 12.1 Å². The largest absolute Gasteiger partial charge is 0.325 e. The number of hydrogen-bond donors (Lipinski definition) is 1. The summed E-state index contributed by atoms with van der Waals surface area (Å²) in [6.45, 7) is 3.61. The minimum Gasteiger partial charge on any atom is -0.325 e. The van der Waals surface area contributed by atoms with Crippen molar-refractivity contribution in [2.75, 3.05) is 11.1 Å². The van der Waals surface area contributed by atoms with Gasteiger partial charge in [0.15, 0.2) is 5.78 Å². The summed E-state index contributed by atoms with van der Waals surface area (Å²) in [7, 11) is 0. The Hall–Kier alpha value is -2.37. The Morgan fingerprint density at radius 1 is 1.12 bits per heavy atom. The molecule has 9 heteroatoms. The third-order valence-corrected chi connectivity index (χ3v) is 7.15. The number of rotatable bonds is 7. The number of nitrogens with one attached hydrogen (secondary N) is 1. The molecule has 5 nitrogen and oxygen atoms in total. The number of nitriles is 1. The molecular formula is C24H18BrCl2N3O2S. The first kappa shape index (κ1) is 25.3. The zero-order valence-electron chi connectivity index (χ0n) is 17.7. The average Bonchev–Trinajstić information content (AvgIpc) is 2.78. The summed E-state index contributed by atoms with van der Waals surface area (Å²) < 4.78 is 0.893. The SMILES string of the molecule is Cc1nc(SCC(=O)Nc2ccc(Cl)c(Cl)c2)c(C#N)c(C)c1CC(=O)c1ccc(Br)cc1. The van der Waals surface area contributed by atoms with Crippen molar-refractivity contribution in [1.82, 2.24) is 4.98 Å². The van der Waals surface area contributed by atoms with Crippen molar-refractivity contribution in [3.63, 3.8) is 0 Å². The van der Waals surface area contributed by atoms with Crippen molar-refractivity contribution in [3.8, 4) is 6.07 Å². The molecule has 0 aliphatic rings. The van der Waals surface area contributed by atoms with E-state index in [2.05, 4.69) is 32.3 Å². The lowest BCUT2D eigenvalue weighted by Crippen LogP contribution is -2.15. The molecule has 3 aromatic rings. The molecule has 0 radical (unpaired) electrons. The molecule has 0 aliphatic carbocycles. The minimum absolute atomic E-state index is 0.0535. The maximum Gasteiger partial charge on any atom is 0.234 e. The molecule has 0 saturated carbocycles. The van der Waals surface area contributed by atoms with Crippen LogP contribution in [0.1, 0.15) is 32.7 Å². The van der Waals surface area contributed by atoms with E-state index in [-0.39, 0.29) is 23.9 Å². The molecule has 2 aromatic carbocycles. The van der Waals surface area contributed by atoms with Gasteiger partial charge in [-0.15, -0.1) is 0 Å². The van der Waals surface area contributed by atoms with Gasteiger partial charge in [0.25, 0.3) is 0 Å². The van der Waals surface area contributed by atoms with Crippen LogP contribution in [0.3, 0.4) is 0 Å². The van der Waals surface area contributed by atoms with Crippen LogP contribution in [0.4, 0.5) is 5.69 Å². The molecular weight excluding hydrogens is 545 g/mol. The predicted molar refractivity (Wildman–Crippen MR) is 136 cm³/mol. The van der Waals surface area contributed by atoms with Crippen molar-refractivity contribution < 1.29 is 9.59 Å². The topological polar surface area (TPSA) is 82.8 Å². The summed E-state index contributed by atoms with van der Waals surface area (Å²) in [5.41, 5.74) is 3.56. The molecule has 0 bridgehead atoms. The van der Waals surface area contributed by atoms with E-state index < -0.39 is 0 Å². The molecule has 1 N–H and O–H groups in total. The van der Waals surface area contributed by atoms with Gasteiger partial charge in [-0.1, -0.05) is 63.0 Å². The van der Waals surface area contributed by atoms with Crippen LogP contribution in [0.15, 0.2) is 52.0 Å². The molecule has 0 unspecified atom stereocenters. The van der Waals surface area contributed by atoms with E-state index in [1.54, 1.807) is 44.2 Å². The van der Waals surface area contributed by atoms with Crippen molar-refractivity contribution in [2.24, 2.45) is 0 Å². The number of halogens is 3. The molecule has 1 aromatic heterocycles. The molecule has 33 heavy (non-hydrogen) atoms. The monoisotopic (exact) mass is 561 g/mol. The number of aryl methyl sites for hydroxylation is 1. The van der Waals surface area contributed by atoms with Crippen molar-refractivity contribution in [3.05, 3.63) is 84.9 Å². The number of nitrogens with zero attached hydrogens (tertiary/aromatic N) is 2. The second-order valence-electron chi connectivity index (χ2n) is 7.17. The van der Waals surface area contributed by atoms with E-state index in [4.69, 9.17) is 23.2 Å². The Morgan fingerprint density at radius 3 is 2.45 bits per heavy atom. The standard InChI is InChI=1S/C24H18BrCl2N3O2S/c1-13-18(10-22(31)15-3-5-16(25)6-4-15)14(2)29-24(19(13)11-28)33-12-23(32)30-17-7-8-20(26)21(27)9-17/h3-9H,10,12H2,1-2H3,(H,30,32). The zero-order valence-corrected chi connectivity index (χ0v) is 21.6. The fourth-order valence-corrected chi connectivity index (χ4v) is 4.61. The molecule has 0 saturated heterocycles. The molecule has 168 valence electrons. The minimum atomic E-state index is -0.270. The maximum atomic E-state index is 12.7. The van der Waals surface area contributed by atoms with Crippen LogP contribution in [0.2, 0.25) is 10.0 Å². The van der Waals surface area contributed by atoms with Gasteiger partial charge in [0.1, 0.15) is 11.1 Å². The number of anilines is 1. The van der Waals surface area contributed by atoms with Gasteiger partial charge < -0.3 is 5.32 Å². The Labute approximate surface area is 214 Å². The second-order valence-corrected chi connectivity index (χ2v) is 9.86. The number of Topliss-reactive ketones (excluding diaryl/α,β-unsaturated/α-hetero) is 1. The van der Waals surface area contributed by atoms with E-state index in [0.29, 0.717) is 43.1 Å². The summed E-state index contributed by atoms with van der Waals surface area (Å²) in [5.74, 6) is -0.271. The van der Waals surface area contributed by atoms with Crippen molar-refractivity contribution >= 4 is 68.3 Å². The van der Waals surface area contributed by atoms with Gasteiger partial charge in [-0.2, -0.15) is 5.26 Å². The first-order valence-corrected chi connectivity index (χ1v) is 12.3. The Balaban J connectivity index is 1.74. The third kappa shape index (κ3) is 6.36. The van der Waals surface area contributed by atoms with Gasteiger partial charge in [-0.25, -0.2) is 4.98 Å². The Kier molecular flexibility index (Phi) is 8.55. The van der Waals surface area contributed by atoms with Crippen molar-refractivity contribution in [2.45, 2.75) is 25.3 Å². The molecule has 1 heterocycles. The average molecular weight is 563 g/mol. The van der Waals surface area contributed by atoms with Crippen LogP contribution in [-0.2, 0) is 11.2 Å². The normalized spacial score (nSPS) is 10.5. The fourth-order valence-electron chi connectivity index (χ4n) is 3.16. The lowest BCUT2D eigenvalue weighted by Gasteiger charge is -2.14. The van der Waals surface area contributed by atoms with Crippen LogP contribution in [0.5, 0.6) is 0 Å². The predicted octanol–water partition coefficient (Wildman–Crippen LogP) is 6.80. The number of benzene rings is 2. The van der Waals surface area contributed by atoms with Crippen molar-refractivity contribution in [1.29, 1.82) is 5.26 Å². The van der Waals surface area contributed by atoms with Crippen LogP contribution in [0.25, 0.3) is 0 Å². The van der Waals surface area contributed by atoms with Crippen LogP contribution in [-0.4, -0.2) is 22.4 Å². The number of thioether (sulfide) groups is 1. The zero-order chi connectivity index (χ0) is 24.1. The van der Waals surface area contributed by atoms with Gasteiger partial charge >= 0.3 is 0 Å². The molecule has 0 fully saturated rings. The lowest BCUT2D eigenvalue weighted by molar-refractivity contribution is -0.113. The third-order valence-electron chi connectivity index (χ3n) is 4.91. The summed E-state index contributed by atoms with van der Waals surface area (Å²) in [5, 5.41) is 13.7. The molecule has 0 atom stereocenters. The number of aromatic nitrogens is 1. The van der Waals surface area contributed by atoms with Crippen LogP contribution < -0.4 is 5.32 Å². The number of carbonyl (C=O) groups excluding carboxylic acids is 2. The number of carbonyl (C=O) groups is 2. The Bertz CT molecular complexity index is 1270. The van der Waals surface area contributed by atoms with Gasteiger partial charge in [0.2, 0.25) is 5.91 Å².